The molecule has 0 saturated carbocycles. The van der Waals surface area contributed by atoms with Gasteiger partial charge in [0, 0.05) is 6.21 Å². The zero-order valence-electron chi connectivity index (χ0n) is 6.87. The van der Waals surface area contributed by atoms with E-state index in [1.54, 1.807) is 0 Å². The molecule has 0 unspecified atom stereocenters. The Labute approximate surface area is 69.6 Å². The van der Waals surface area contributed by atoms with Gasteiger partial charge in [-0.15, -0.1) is 0 Å². The number of carbonyl (C=O) groups excluding carboxylic acids is 2. The first-order chi connectivity index (χ1) is 5.45. The molecule has 0 aliphatic rings. The van der Waals surface area contributed by atoms with Crippen LogP contribution in [0.3, 0.4) is 0 Å². The molecule has 0 fully saturated rings. The first-order valence-electron chi connectivity index (χ1n) is 3.19. The summed E-state index contributed by atoms with van der Waals surface area (Å²) in [6.07, 6.45) is 0.944. The van der Waals surface area contributed by atoms with Gasteiger partial charge in [-0.2, -0.15) is 0 Å². The van der Waals surface area contributed by atoms with E-state index in [0.717, 1.165) is 6.21 Å². The fourth-order valence-electron chi connectivity index (χ4n) is 0.567. The van der Waals surface area contributed by atoms with Gasteiger partial charge in [0.2, 0.25) is 0 Å². The van der Waals surface area contributed by atoms with Crippen LogP contribution in [0.15, 0.2) is 16.3 Å². The van der Waals surface area contributed by atoms with Gasteiger partial charge < -0.3 is 10.8 Å². The standard InChI is InChI=1S/C7H10N2O3/c1-4(10)6(5(2)11)3-9-7(8)12/h3,10H,1-2H3,(H2,8,12)/b6-4?,9-3+. The minimum absolute atomic E-state index is 0.0196. The van der Waals surface area contributed by atoms with Crippen LogP contribution < -0.4 is 5.73 Å². The number of hydrogen-bond acceptors (Lipinski definition) is 3. The monoisotopic (exact) mass is 170 g/mol. The summed E-state index contributed by atoms with van der Waals surface area (Å²) in [7, 11) is 0. The lowest BCUT2D eigenvalue weighted by Crippen LogP contribution is -2.07. The average molecular weight is 170 g/mol. The summed E-state index contributed by atoms with van der Waals surface area (Å²) in [6, 6.07) is -0.907. The summed E-state index contributed by atoms with van der Waals surface area (Å²) in [5.74, 6) is -0.562. The number of rotatable bonds is 2. The normalized spacial score (nSPS) is 12.8. The van der Waals surface area contributed by atoms with Crippen LogP contribution in [0.5, 0.6) is 0 Å². The molecule has 0 spiro atoms. The Kier molecular flexibility index (Phi) is 3.69. The Morgan fingerprint density at radius 1 is 1.42 bits per heavy atom. The number of aliphatic hydroxyl groups excluding tert-OH is 1. The number of Topliss-reactive ketones (excluding diaryl/α,β-unsaturated/α-hetero) is 1. The van der Waals surface area contributed by atoms with Crippen molar-refractivity contribution in [2.24, 2.45) is 10.7 Å². The Hall–Kier alpha value is -1.65. The summed E-state index contributed by atoms with van der Waals surface area (Å²) >= 11 is 0. The quantitative estimate of drug-likeness (QED) is 0.360. The number of urea groups is 1. The minimum atomic E-state index is -0.907. The van der Waals surface area contributed by atoms with Crippen molar-refractivity contribution < 1.29 is 14.7 Å². The van der Waals surface area contributed by atoms with Crippen molar-refractivity contribution in [2.75, 3.05) is 0 Å². The van der Waals surface area contributed by atoms with Crippen molar-refractivity contribution in [3.63, 3.8) is 0 Å². The highest BCUT2D eigenvalue weighted by atomic mass is 16.3. The van der Waals surface area contributed by atoms with E-state index in [2.05, 4.69) is 10.7 Å². The molecule has 0 aliphatic heterocycles. The molecule has 3 N–H and O–H groups in total. The van der Waals surface area contributed by atoms with Crippen LogP contribution in [0.1, 0.15) is 13.8 Å². The predicted molar refractivity (Wildman–Crippen MR) is 44.1 cm³/mol. The summed E-state index contributed by atoms with van der Waals surface area (Å²) in [5.41, 5.74) is 4.67. The van der Waals surface area contributed by atoms with Gasteiger partial charge in [0.1, 0.15) is 5.76 Å². The summed E-state index contributed by atoms with van der Waals surface area (Å²) in [6.45, 7) is 2.58. The molecule has 5 nitrogen and oxygen atoms in total. The predicted octanol–water partition coefficient (Wildman–Crippen LogP) is 0.557. The molecule has 0 aromatic carbocycles. The Morgan fingerprint density at radius 2 is 1.92 bits per heavy atom. The molecule has 0 saturated heterocycles. The lowest BCUT2D eigenvalue weighted by molar-refractivity contribution is -0.113. The highest BCUT2D eigenvalue weighted by molar-refractivity contribution is 6.14. The fraction of sp³-hybridized carbons (Fsp3) is 0.286. The molecule has 0 bridgehead atoms. The molecule has 66 valence electrons. The molecule has 0 aromatic heterocycles. The van der Waals surface area contributed by atoms with E-state index in [1.807, 2.05) is 0 Å². The third-order valence-electron chi connectivity index (χ3n) is 1.09. The molecule has 12 heavy (non-hydrogen) atoms. The van der Waals surface area contributed by atoms with Crippen molar-refractivity contribution in [3.05, 3.63) is 11.3 Å². The minimum Gasteiger partial charge on any atom is -0.512 e. The van der Waals surface area contributed by atoms with Crippen LogP contribution in [0, 0.1) is 0 Å². The van der Waals surface area contributed by atoms with E-state index in [4.69, 9.17) is 5.11 Å². The Morgan fingerprint density at radius 3 is 2.17 bits per heavy atom. The highest BCUT2D eigenvalue weighted by Gasteiger charge is 2.04. The van der Waals surface area contributed by atoms with Crippen molar-refractivity contribution in [2.45, 2.75) is 13.8 Å². The third-order valence-corrected chi connectivity index (χ3v) is 1.09. The molecule has 0 aromatic rings. The van der Waals surface area contributed by atoms with E-state index in [9.17, 15) is 9.59 Å². The lowest BCUT2D eigenvalue weighted by atomic mass is 10.2. The maximum absolute atomic E-state index is 10.7. The second-order valence-electron chi connectivity index (χ2n) is 2.15. The van der Waals surface area contributed by atoms with Gasteiger partial charge >= 0.3 is 6.03 Å². The van der Waals surface area contributed by atoms with E-state index in [-0.39, 0.29) is 17.1 Å². The largest absolute Gasteiger partial charge is 0.512 e. The fourth-order valence-corrected chi connectivity index (χ4v) is 0.567. The number of nitrogens with two attached hydrogens (primary N) is 1. The van der Waals surface area contributed by atoms with Crippen molar-refractivity contribution >= 4 is 18.0 Å². The summed E-state index contributed by atoms with van der Waals surface area (Å²) in [4.78, 5) is 24.0. The van der Waals surface area contributed by atoms with Gasteiger partial charge in [0.25, 0.3) is 0 Å². The number of aliphatic hydroxyl groups is 1. The molecular formula is C7H10N2O3. The molecule has 0 heterocycles. The van der Waals surface area contributed by atoms with Crippen molar-refractivity contribution in [1.82, 2.24) is 0 Å². The number of primary amides is 1. The maximum Gasteiger partial charge on any atom is 0.338 e. The lowest BCUT2D eigenvalue weighted by Gasteiger charge is -1.95. The second kappa shape index (κ2) is 4.27. The van der Waals surface area contributed by atoms with Gasteiger partial charge in [0.05, 0.1) is 5.57 Å². The van der Waals surface area contributed by atoms with Crippen molar-refractivity contribution in [1.29, 1.82) is 0 Å². The van der Waals surface area contributed by atoms with E-state index >= 15 is 0 Å². The van der Waals surface area contributed by atoms with E-state index < -0.39 is 6.03 Å². The Balaban J connectivity index is 4.70. The SMILES string of the molecule is CC(=O)C(/C=N/C(N)=O)=C(C)O. The third kappa shape index (κ3) is 3.50. The molecule has 0 rings (SSSR count). The number of nitrogens with zero attached hydrogens (tertiary/aromatic N) is 1. The number of hydrogen-bond donors (Lipinski definition) is 2. The number of allylic oxidation sites excluding steroid dienone is 2. The molecule has 2 amide bonds. The molecule has 0 aliphatic carbocycles. The number of aliphatic imine (C=N–C) groups is 1. The van der Waals surface area contributed by atoms with Crippen LogP contribution in [0.4, 0.5) is 4.79 Å². The smallest absolute Gasteiger partial charge is 0.338 e. The zero-order chi connectivity index (χ0) is 9.72. The first kappa shape index (κ1) is 10.3. The van der Waals surface area contributed by atoms with Gasteiger partial charge in [-0.25, -0.2) is 9.79 Å². The van der Waals surface area contributed by atoms with Crippen LogP contribution in [0.25, 0.3) is 0 Å². The average Bonchev–Trinajstić information content (AvgIpc) is 1.84. The van der Waals surface area contributed by atoms with Gasteiger partial charge in [-0.1, -0.05) is 0 Å². The number of carbonyl (C=O) groups is 2. The Bertz CT molecular complexity index is 262. The van der Waals surface area contributed by atoms with Crippen LogP contribution in [-0.4, -0.2) is 23.1 Å². The topological polar surface area (TPSA) is 92.8 Å². The zero-order valence-corrected chi connectivity index (χ0v) is 6.87. The van der Waals surface area contributed by atoms with Gasteiger partial charge in [0.15, 0.2) is 5.78 Å². The summed E-state index contributed by atoms with van der Waals surface area (Å²) < 4.78 is 0. The maximum atomic E-state index is 10.7. The first-order valence-corrected chi connectivity index (χ1v) is 3.19. The van der Waals surface area contributed by atoms with Gasteiger partial charge in [-0.3, -0.25) is 4.79 Å². The number of ketones is 1. The highest BCUT2D eigenvalue weighted by Crippen LogP contribution is 1.98. The van der Waals surface area contributed by atoms with E-state index in [0.29, 0.717) is 0 Å². The van der Waals surface area contributed by atoms with Gasteiger partial charge in [-0.05, 0) is 13.8 Å². The molecule has 0 radical (unpaired) electrons. The van der Waals surface area contributed by atoms with Crippen LogP contribution >= 0.6 is 0 Å². The molecule has 0 atom stereocenters. The summed E-state index contributed by atoms with van der Waals surface area (Å²) in [5, 5.41) is 8.91. The number of amides is 2. The van der Waals surface area contributed by atoms with Crippen molar-refractivity contribution in [3.8, 4) is 0 Å². The van der Waals surface area contributed by atoms with Crippen LogP contribution in [-0.2, 0) is 4.79 Å². The second-order valence-corrected chi connectivity index (χ2v) is 2.15. The molecule has 5 heteroatoms. The molecular weight excluding hydrogens is 160 g/mol. The van der Waals surface area contributed by atoms with Crippen LogP contribution in [0.2, 0.25) is 0 Å². The van der Waals surface area contributed by atoms with E-state index in [1.165, 1.54) is 13.8 Å².